The molecule has 0 aliphatic heterocycles. The van der Waals surface area contributed by atoms with E-state index in [4.69, 9.17) is 13.3 Å². The van der Waals surface area contributed by atoms with Crippen LogP contribution in [0.3, 0.4) is 0 Å². The molecular weight excluding hydrogens is 326 g/mol. The van der Waals surface area contributed by atoms with Gasteiger partial charge in [0, 0.05) is 37.2 Å². The highest BCUT2D eigenvalue weighted by Gasteiger charge is 2.39. The van der Waals surface area contributed by atoms with Crippen LogP contribution in [0.1, 0.15) is 78.6 Å². The van der Waals surface area contributed by atoms with Crippen molar-refractivity contribution in [3.8, 4) is 0 Å². The quantitative estimate of drug-likeness (QED) is 0.151. The molecule has 0 aliphatic rings. The standard InChI is InChI=1S/C17H37NO5Si/c1-4-21-24(22-5-2,23-6-3)17-15-13-11-9-7-8-10-12-14-16-18(19)20/h4-17H2,1-3H3. The molecule has 0 rings (SSSR count). The third-order valence-corrected chi connectivity index (χ3v) is 7.07. The Morgan fingerprint density at radius 1 is 0.708 bits per heavy atom. The number of hydrogen-bond acceptors (Lipinski definition) is 5. The van der Waals surface area contributed by atoms with E-state index in [1.54, 1.807) is 0 Å². The van der Waals surface area contributed by atoms with Crippen LogP contribution >= 0.6 is 0 Å². The van der Waals surface area contributed by atoms with Gasteiger partial charge in [-0.2, -0.15) is 0 Å². The SMILES string of the molecule is CCO[Si](CCCCCCCCCCC[N+](=O)[O-])(OCC)OCC. The lowest BCUT2D eigenvalue weighted by Crippen LogP contribution is -2.45. The van der Waals surface area contributed by atoms with Gasteiger partial charge in [0.15, 0.2) is 0 Å². The van der Waals surface area contributed by atoms with Crippen molar-refractivity contribution >= 4 is 8.80 Å². The molecule has 0 atom stereocenters. The van der Waals surface area contributed by atoms with Gasteiger partial charge in [-0.3, -0.25) is 10.1 Å². The highest BCUT2D eigenvalue weighted by atomic mass is 28.4. The Morgan fingerprint density at radius 3 is 1.46 bits per heavy atom. The Balaban J connectivity index is 3.65. The van der Waals surface area contributed by atoms with Crippen molar-refractivity contribution in [3.05, 3.63) is 10.1 Å². The molecule has 0 bridgehead atoms. The van der Waals surface area contributed by atoms with Crippen LogP contribution in [-0.2, 0) is 13.3 Å². The first-order chi connectivity index (χ1) is 11.6. The fourth-order valence-corrected chi connectivity index (χ4v) is 5.51. The van der Waals surface area contributed by atoms with E-state index in [2.05, 4.69) is 0 Å². The van der Waals surface area contributed by atoms with E-state index in [-0.39, 0.29) is 11.5 Å². The third-order valence-electron chi connectivity index (χ3n) is 3.92. The van der Waals surface area contributed by atoms with Gasteiger partial charge in [0.05, 0.1) is 0 Å². The zero-order chi connectivity index (χ0) is 18.1. The Hall–Kier alpha value is -0.503. The van der Waals surface area contributed by atoms with Gasteiger partial charge in [0.1, 0.15) is 0 Å². The van der Waals surface area contributed by atoms with Crippen LogP contribution < -0.4 is 0 Å². The number of unbranched alkanes of at least 4 members (excludes halogenated alkanes) is 8. The van der Waals surface area contributed by atoms with Crippen LogP contribution in [0.4, 0.5) is 0 Å². The summed E-state index contributed by atoms with van der Waals surface area (Å²) in [5.41, 5.74) is 0. The largest absolute Gasteiger partial charge is 0.500 e. The molecule has 24 heavy (non-hydrogen) atoms. The molecule has 0 aromatic heterocycles. The smallest absolute Gasteiger partial charge is 0.374 e. The monoisotopic (exact) mass is 363 g/mol. The second-order valence-corrected chi connectivity index (χ2v) is 8.70. The predicted octanol–water partition coefficient (Wildman–Crippen LogP) is 4.82. The Labute approximate surface area is 148 Å². The van der Waals surface area contributed by atoms with E-state index in [9.17, 15) is 10.1 Å². The summed E-state index contributed by atoms with van der Waals surface area (Å²) in [5, 5.41) is 10.2. The zero-order valence-corrected chi connectivity index (χ0v) is 16.9. The van der Waals surface area contributed by atoms with Crippen molar-refractivity contribution in [2.75, 3.05) is 26.4 Å². The van der Waals surface area contributed by atoms with Crippen molar-refractivity contribution in [3.63, 3.8) is 0 Å². The van der Waals surface area contributed by atoms with Crippen LogP contribution in [0.25, 0.3) is 0 Å². The van der Waals surface area contributed by atoms with Gasteiger partial charge in [0.25, 0.3) is 0 Å². The van der Waals surface area contributed by atoms with Gasteiger partial charge in [-0.25, -0.2) is 0 Å². The third kappa shape index (κ3) is 12.9. The number of nitro groups is 1. The molecule has 0 saturated heterocycles. The average Bonchev–Trinajstić information content (AvgIpc) is 2.53. The minimum Gasteiger partial charge on any atom is -0.374 e. The summed E-state index contributed by atoms with van der Waals surface area (Å²) < 4.78 is 17.6. The topological polar surface area (TPSA) is 70.8 Å². The van der Waals surface area contributed by atoms with Crippen LogP contribution in [0.2, 0.25) is 6.04 Å². The minimum atomic E-state index is -2.45. The summed E-state index contributed by atoms with van der Waals surface area (Å²) in [6.07, 6.45) is 9.96. The Kier molecular flexibility index (Phi) is 15.7. The normalized spacial score (nSPS) is 11.8. The molecule has 0 unspecified atom stereocenters. The molecule has 0 spiro atoms. The van der Waals surface area contributed by atoms with Gasteiger partial charge in [-0.05, 0) is 33.6 Å². The molecule has 0 N–H and O–H groups in total. The van der Waals surface area contributed by atoms with Crippen molar-refractivity contribution in [2.45, 2.75) is 84.6 Å². The molecule has 0 heterocycles. The van der Waals surface area contributed by atoms with Gasteiger partial charge < -0.3 is 13.3 Å². The van der Waals surface area contributed by atoms with E-state index in [1.807, 2.05) is 20.8 Å². The summed E-state index contributed by atoms with van der Waals surface area (Å²) in [6, 6.07) is 0.906. The fraction of sp³-hybridized carbons (Fsp3) is 1.00. The summed E-state index contributed by atoms with van der Waals surface area (Å²) >= 11 is 0. The fourth-order valence-electron chi connectivity index (χ4n) is 2.82. The first-order valence-corrected chi connectivity index (χ1v) is 11.6. The highest BCUT2D eigenvalue weighted by molar-refractivity contribution is 6.60. The van der Waals surface area contributed by atoms with Crippen LogP contribution in [0, 0.1) is 10.1 Å². The zero-order valence-electron chi connectivity index (χ0n) is 15.9. The van der Waals surface area contributed by atoms with Gasteiger partial charge in [-0.1, -0.05) is 38.5 Å². The molecule has 0 aromatic carbocycles. The van der Waals surface area contributed by atoms with Crippen LogP contribution in [0.15, 0.2) is 0 Å². The minimum absolute atomic E-state index is 0.116. The maximum Gasteiger partial charge on any atom is 0.500 e. The molecule has 0 radical (unpaired) electrons. The summed E-state index contributed by atoms with van der Waals surface area (Å²) in [7, 11) is -2.45. The molecular formula is C17H37NO5Si. The lowest BCUT2D eigenvalue weighted by molar-refractivity contribution is -0.480. The average molecular weight is 364 g/mol. The molecule has 0 aromatic rings. The predicted molar refractivity (Wildman–Crippen MR) is 98.9 cm³/mol. The molecule has 0 aliphatic carbocycles. The summed E-state index contributed by atoms with van der Waals surface area (Å²) in [5.74, 6) is 0. The lowest BCUT2D eigenvalue weighted by Gasteiger charge is -2.28. The van der Waals surface area contributed by atoms with E-state index in [0.717, 1.165) is 25.3 Å². The number of nitrogens with zero attached hydrogens (tertiary/aromatic N) is 1. The lowest BCUT2D eigenvalue weighted by atomic mass is 10.1. The van der Waals surface area contributed by atoms with E-state index >= 15 is 0 Å². The van der Waals surface area contributed by atoms with Gasteiger partial charge in [0.2, 0.25) is 6.54 Å². The molecule has 144 valence electrons. The first kappa shape index (κ1) is 23.5. The van der Waals surface area contributed by atoms with Crippen molar-refractivity contribution in [1.82, 2.24) is 0 Å². The second kappa shape index (κ2) is 16.0. The Morgan fingerprint density at radius 2 is 1.08 bits per heavy atom. The maximum absolute atomic E-state index is 10.2. The van der Waals surface area contributed by atoms with Gasteiger partial charge in [-0.15, -0.1) is 0 Å². The highest BCUT2D eigenvalue weighted by Crippen LogP contribution is 2.20. The molecule has 0 fully saturated rings. The Bertz CT molecular complexity index is 288. The maximum atomic E-state index is 10.2. The van der Waals surface area contributed by atoms with Crippen molar-refractivity contribution in [1.29, 1.82) is 0 Å². The van der Waals surface area contributed by atoms with E-state index < -0.39 is 8.80 Å². The molecule has 6 nitrogen and oxygen atoms in total. The van der Waals surface area contributed by atoms with Crippen molar-refractivity contribution in [2.24, 2.45) is 0 Å². The van der Waals surface area contributed by atoms with Crippen LogP contribution in [-0.4, -0.2) is 40.1 Å². The van der Waals surface area contributed by atoms with E-state index in [1.165, 1.54) is 32.1 Å². The first-order valence-electron chi connectivity index (χ1n) is 9.63. The second-order valence-electron chi connectivity index (χ2n) is 5.97. The molecule has 7 heteroatoms. The number of rotatable bonds is 18. The number of hydrogen-bond donors (Lipinski definition) is 0. The summed E-state index contributed by atoms with van der Waals surface area (Å²) in [4.78, 5) is 9.98. The molecule has 0 amide bonds. The van der Waals surface area contributed by atoms with Crippen molar-refractivity contribution < 1.29 is 18.2 Å². The van der Waals surface area contributed by atoms with Crippen LogP contribution in [0.5, 0.6) is 0 Å². The molecule has 0 saturated carbocycles. The van der Waals surface area contributed by atoms with Gasteiger partial charge >= 0.3 is 8.80 Å². The van der Waals surface area contributed by atoms with E-state index in [0.29, 0.717) is 26.2 Å². The summed E-state index contributed by atoms with van der Waals surface area (Å²) in [6.45, 7) is 8.02.